The summed E-state index contributed by atoms with van der Waals surface area (Å²) in [4.78, 5) is 16.2. The van der Waals surface area contributed by atoms with Gasteiger partial charge in [-0.15, -0.1) is 0 Å². The Kier molecular flexibility index (Phi) is 11.3. The smallest absolute Gasteiger partial charge is 0.223 e. The van der Waals surface area contributed by atoms with Crippen molar-refractivity contribution in [3.63, 3.8) is 0 Å². The first-order chi connectivity index (χ1) is 16.3. The lowest BCUT2D eigenvalue weighted by molar-refractivity contribution is 0.449. The Balaban J connectivity index is 2.50. The molecule has 1 aromatic heterocycles. The third-order valence-electron chi connectivity index (χ3n) is 5.14. The lowest BCUT2D eigenvalue weighted by Crippen LogP contribution is -2.14. The molecule has 0 fully saturated rings. The first-order valence-corrected chi connectivity index (χ1v) is 11.9. The summed E-state index contributed by atoms with van der Waals surface area (Å²) in [5.74, 6) is 0.330. The number of nitrogens with zero attached hydrogens (tertiary/aromatic N) is 4. The van der Waals surface area contributed by atoms with Gasteiger partial charge in [-0.05, 0) is 83.3 Å². The van der Waals surface area contributed by atoms with Gasteiger partial charge in [0.25, 0.3) is 0 Å². The largest absolute Gasteiger partial charge is 0.354 e. The quantitative estimate of drug-likeness (QED) is 0.218. The van der Waals surface area contributed by atoms with Crippen molar-refractivity contribution in [1.29, 1.82) is 0 Å². The molecule has 1 N–H and O–H groups in total. The molecule has 5 nitrogen and oxygen atoms in total. The molecule has 182 valence electrons. The summed E-state index contributed by atoms with van der Waals surface area (Å²) in [6, 6.07) is 8.32. The van der Waals surface area contributed by atoms with Crippen LogP contribution in [0.3, 0.4) is 0 Å². The maximum Gasteiger partial charge on any atom is 0.223 e. The van der Waals surface area contributed by atoms with Crippen LogP contribution in [-0.2, 0) is 0 Å². The van der Waals surface area contributed by atoms with Crippen LogP contribution >= 0.6 is 0 Å². The van der Waals surface area contributed by atoms with E-state index in [0.717, 1.165) is 53.3 Å². The predicted molar refractivity (Wildman–Crippen MR) is 143 cm³/mol. The van der Waals surface area contributed by atoms with Crippen molar-refractivity contribution in [2.24, 2.45) is 4.99 Å². The molecule has 0 amide bonds. The summed E-state index contributed by atoms with van der Waals surface area (Å²) in [5.41, 5.74) is 5.30. The highest BCUT2D eigenvalue weighted by Crippen LogP contribution is 2.27. The monoisotopic (exact) mass is 463 g/mol. The van der Waals surface area contributed by atoms with E-state index in [1.165, 1.54) is 25.0 Å². The molecular weight excluding hydrogens is 425 g/mol. The van der Waals surface area contributed by atoms with Gasteiger partial charge in [-0.2, -0.15) is 0 Å². The zero-order valence-electron chi connectivity index (χ0n) is 21.4. The molecular formula is C28H38FN5. The predicted octanol–water partition coefficient (Wildman–Crippen LogP) is 6.63. The Morgan fingerprint density at radius 2 is 1.85 bits per heavy atom. The Bertz CT molecular complexity index is 1030. The Labute approximate surface area is 204 Å². The second kappa shape index (κ2) is 14.2. The number of nitrogens with one attached hydrogen (secondary N) is 1. The molecule has 1 heterocycles. The lowest BCUT2D eigenvalue weighted by atomic mass is 10.0. The Morgan fingerprint density at radius 1 is 1.12 bits per heavy atom. The maximum atomic E-state index is 13.6. The number of rotatable bonds is 12. The molecule has 34 heavy (non-hydrogen) atoms. The van der Waals surface area contributed by atoms with Gasteiger partial charge in [-0.3, -0.25) is 4.99 Å². The molecule has 0 atom stereocenters. The van der Waals surface area contributed by atoms with Crippen LogP contribution in [0.1, 0.15) is 58.2 Å². The van der Waals surface area contributed by atoms with Gasteiger partial charge >= 0.3 is 0 Å². The van der Waals surface area contributed by atoms with E-state index in [1.54, 1.807) is 18.3 Å². The van der Waals surface area contributed by atoms with Gasteiger partial charge in [0.15, 0.2) is 0 Å². The highest BCUT2D eigenvalue weighted by Gasteiger charge is 2.11. The summed E-state index contributed by atoms with van der Waals surface area (Å²) < 4.78 is 13.6. The van der Waals surface area contributed by atoms with Gasteiger partial charge in [0.2, 0.25) is 5.95 Å². The van der Waals surface area contributed by atoms with E-state index < -0.39 is 0 Å². The standard InChI is InChI=1S/C28H38FN5/c1-7-9-10-17-30-28-31-18-16-26(33-28)22(4)27(24-12-14-25(29)15-13-24)32-21(3)19-23(11-8-2)20-34(5)6/h8,11-16,18-19H,7,9-10,17,20H2,1-6H3,(H,30,31,33)/b11-8-,23-19+,27-22+,32-21+. The van der Waals surface area contributed by atoms with Crippen LogP contribution < -0.4 is 5.32 Å². The van der Waals surface area contributed by atoms with E-state index in [9.17, 15) is 4.39 Å². The molecule has 2 rings (SSSR count). The topological polar surface area (TPSA) is 53.4 Å². The molecule has 0 spiro atoms. The molecule has 0 saturated heterocycles. The second-order valence-electron chi connectivity index (χ2n) is 8.59. The van der Waals surface area contributed by atoms with Crippen LogP contribution in [0.15, 0.2) is 65.3 Å². The molecule has 0 aliphatic carbocycles. The lowest BCUT2D eigenvalue weighted by Gasteiger charge is -2.12. The van der Waals surface area contributed by atoms with Crippen molar-refractivity contribution >= 4 is 22.9 Å². The van der Waals surface area contributed by atoms with Crippen LogP contribution in [0.5, 0.6) is 0 Å². The molecule has 0 bridgehead atoms. The zero-order valence-corrected chi connectivity index (χ0v) is 21.4. The van der Waals surface area contributed by atoms with E-state index in [-0.39, 0.29) is 5.82 Å². The van der Waals surface area contributed by atoms with E-state index in [2.05, 4.69) is 34.3 Å². The highest BCUT2D eigenvalue weighted by atomic mass is 19.1. The van der Waals surface area contributed by atoms with E-state index >= 15 is 0 Å². The van der Waals surface area contributed by atoms with Gasteiger partial charge < -0.3 is 10.2 Å². The summed E-state index contributed by atoms with van der Waals surface area (Å²) in [6.07, 6.45) is 11.4. The number of aliphatic imine (C=N–C) groups is 1. The number of halogens is 1. The fourth-order valence-corrected chi connectivity index (χ4v) is 3.52. The van der Waals surface area contributed by atoms with Crippen molar-refractivity contribution < 1.29 is 4.39 Å². The Hall–Kier alpha value is -3.12. The van der Waals surface area contributed by atoms with Gasteiger partial charge in [-0.25, -0.2) is 14.4 Å². The SMILES string of the molecule is C\C=C/C(=C\C(C)=N\C(=C(/C)c1ccnc(NCCCCC)n1)c1ccc(F)cc1)CN(C)C. The van der Waals surface area contributed by atoms with E-state index in [0.29, 0.717) is 5.95 Å². The van der Waals surface area contributed by atoms with Gasteiger partial charge in [0.05, 0.1) is 11.4 Å². The molecule has 0 radical (unpaired) electrons. The molecule has 0 aliphatic rings. The zero-order chi connectivity index (χ0) is 24.9. The summed E-state index contributed by atoms with van der Waals surface area (Å²) in [5, 5.41) is 3.31. The van der Waals surface area contributed by atoms with E-state index in [1.807, 2.05) is 47.0 Å². The van der Waals surface area contributed by atoms with Crippen LogP contribution in [0, 0.1) is 5.82 Å². The molecule has 2 aromatic rings. The third-order valence-corrected chi connectivity index (χ3v) is 5.14. The molecule has 0 aliphatic heterocycles. The number of anilines is 1. The normalized spacial score (nSPS) is 13.5. The number of hydrogen-bond donors (Lipinski definition) is 1. The molecule has 6 heteroatoms. The van der Waals surface area contributed by atoms with Gasteiger partial charge in [-0.1, -0.05) is 31.9 Å². The van der Waals surface area contributed by atoms with Crippen LogP contribution in [0.2, 0.25) is 0 Å². The summed E-state index contributed by atoms with van der Waals surface area (Å²) >= 11 is 0. The summed E-state index contributed by atoms with van der Waals surface area (Å²) in [6.45, 7) is 9.82. The van der Waals surface area contributed by atoms with Crippen LogP contribution in [0.25, 0.3) is 11.3 Å². The van der Waals surface area contributed by atoms with Crippen molar-refractivity contribution in [3.05, 3.63) is 77.4 Å². The number of likely N-dealkylation sites (N-methyl/N-ethyl adjacent to an activating group) is 1. The first kappa shape index (κ1) is 27.1. The number of benzene rings is 1. The van der Waals surface area contributed by atoms with Gasteiger partial charge in [0, 0.05) is 36.1 Å². The molecule has 0 unspecified atom stereocenters. The average Bonchev–Trinajstić information content (AvgIpc) is 2.80. The van der Waals surface area contributed by atoms with Crippen molar-refractivity contribution in [1.82, 2.24) is 14.9 Å². The highest BCUT2D eigenvalue weighted by molar-refractivity contribution is 6.01. The number of allylic oxidation sites excluding steroid dienone is 3. The van der Waals surface area contributed by atoms with Gasteiger partial charge in [0.1, 0.15) is 5.82 Å². The van der Waals surface area contributed by atoms with Crippen LogP contribution in [-0.4, -0.2) is 47.8 Å². The third kappa shape index (κ3) is 9.02. The minimum atomic E-state index is -0.275. The first-order valence-electron chi connectivity index (χ1n) is 11.9. The summed E-state index contributed by atoms with van der Waals surface area (Å²) in [7, 11) is 4.08. The van der Waals surface area contributed by atoms with Crippen molar-refractivity contribution in [2.75, 3.05) is 32.5 Å². The van der Waals surface area contributed by atoms with Crippen molar-refractivity contribution in [3.8, 4) is 0 Å². The van der Waals surface area contributed by atoms with E-state index in [4.69, 9.17) is 9.98 Å². The number of hydrogen-bond acceptors (Lipinski definition) is 5. The second-order valence-corrected chi connectivity index (χ2v) is 8.59. The Morgan fingerprint density at radius 3 is 2.50 bits per heavy atom. The van der Waals surface area contributed by atoms with Crippen molar-refractivity contribution in [2.45, 2.75) is 47.0 Å². The fourth-order valence-electron chi connectivity index (χ4n) is 3.52. The minimum Gasteiger partial charge on any atom is -0.354 e. The maximum absolute atomic E-state index is 13.6. The average molecular weight is 464 g/mol. The number of unbranched alkanes of at least 4 members (excludes halogenated alkanes) is 2. The molecule has 0 saturated carbocycles. The number of aromatic nitrogens is 2. The van der Waals surface area contributed by atoms with Crippen LogP contribution in [0.4, 0.5) is 10.3 Å². The minimum absolute atomic E-state index is 0.275. The molecule has 1 aromatic carbocycles. The fraction of sp³-hybridized carbons (Fsp3) is 0.393.